The van der Waals surface area contributed by atoms with Gasteiger partial charge in [0.2, 0.25) is 0 Å². The van der Waals surface area contributed by atoms with Gasteiger partial charge in [0.25, 0.3) is 0 Å². The molecule has 2 rings (SSSR count). The molecule has 0 aromatic heterocycles. The van der Waals surface area contributed by atoms with Crippen LogP contribution in [0.2, 0.25) is 0 Å². The Morgan fingerprint density at radius 3 is 2.52 bits per heavy atom. The summed E-state index contributed by atoms with van der Waals surface area (Å²) in [5.41, 5.74) is 12.1. The number of nitrogens with two attached hydrogens (primary N) is 2. The van der Waals surface area contributed by atoms with E-state index in [9.17, 15) is 17.6 Å². The van der Waals surface area contributed by atoms with E-state index in [-0.39, 0.29) is 35.1 Å². The van der Waals surface area contributed by atoms with Gasteiger partial charge in [-0.1, -0.05) is 19.1 Å². The molecule has 0 heterocycles. The van der Waals surface area contributed by atoms with Gasteiger partial charge in [-0.05, 0) is 36.4 Å². The number of ketones is 1. The van der Waals surface area contributed by atoms with Gasteiger partial charge < -0.3 is 16.2 Å². The number of ether oxygens (including phenoxy) is 1. The smallest absolute Gasteiger partial charge is 0.198 e. The summed E-state index contributed by atoms with van der Waals surface area (Å²) in [5, 5.41) is 0. The van der Waals surface area contributed by atoms with E-state index >= 15 is 0 Å². The summed E-state index contributed by atoms with van der Waals surface area (Å²) in [6, 6.07) is 11.5. The van der Waals surface area contributed by atoms with Crippen molar-refractivity contribution in [3.63, 3.8) is 0 Å². The molecule has 2 aromatic carbocycles. The van der Waals surface area contributed by atoms with Crippen LogP contribution in [0, 0.1) is 5.82 Å². The lowest BCUT2D eigenvalue weighted by molar-refractivity contribution is 0.103. The number of rotatable bonds is 9. The minimum Gasteiger partial charge on any atom is -0.493 e. The Morgan fingerprint density at radius 1 is 1.21 bits per heavy atom. The molecule has 0 saturated carbocycles. The molecular formula is C20H22FN3O4S. The zero-order valence-electron chi connectivity index (χ0n) is 15.8. The van der Waals surface area contributed by atoms with Crippen LogP contribution in [0.15, 0.2) is 65.3 Å². The van der Waals surface area contributed by atoms with E-state index in [0.29, 0.717) is 11.4 Å². The van der Waals surface area contributed by atoms with E-state index in [1.807, 2.05) is 0 Å². The Balaban J connectivity index is 2.16. The third kappa shape index (κ3) is 6.42. The second-order valence-corrected chi connectivity index (χ2v) is 8.47. The van der Waals surface area contributed by atoms with Gasteiger partial charge >= 0.3 is 0 Å². The molecule has 0 amide bonds. The molecule has 29 heavy (non-hydrogen) atoms. The molecule has 0 unspecified atom stereocenters. The Labute approximate surface area is 168 Å². The van der Waals surface area contributed by atoms with Crippen molar-refractivity contribution in [1.82, 2.24) is 0 Å². The second kappa shape index (κ2) is 9.83. The molecule has 0 saturated heterocycles. The fraction of sp³-hybridized carbons (Fsp3) is 0.200. The number of benzene rings is 2. The summed E-state index contributed by atoms with van der Waals surface area (Å²) in [6.45, 7) is 1.54. The number of sulfone groups is 1. The molecule has 4 N–H and O–H groups in total. The highest BCUT2D eigenvalue weighted by molar-refractivity contribution is 7.91. The van der Waals surface area contributed by atoms with Gasteiger partial charge in [-0.3, -0.25) is 4.79 Å². The first-order valence-corrected chi connectivity index (χ1v) is 10.6. The number of hydrogen-bond donors (Lipinski definition) is 2. The topological polar surface area (TPSA) is 125 Å². The highest BCUT2D eigenvalue weighted by atomic mass is 32.2. The maximum Gasteiger partial charge on any atom is 0.198 e. The number of Topliss-reactive ketones (excluding diaryl/α,β-unsaturated/α-hetero) is 1. The van der Waals surface area contributed by atoms with Crippen LogP contribution in [0.4, 0.5) is 10.1 Å². The summed E-state index contributed by atoms with van der Waals surface area (Å²) < 4.78 is 41.5. The summed E-state index contributed by atoms with van der Waals surface area (Å²) in [4.78, 5) is 16.9. The molecule has 0 fully saturated rings. The van der Waals surface area contributed by atoms with E-state index in [0.717, 1.165) is 6.20 Å². The lowest BCUT2D eigenvalue weighted by Crippen LogP contribution is -2.22. The van der Waals surface area contributed by atoms with Crippen LogP contribution in [0.1, 0.15) is 17.3 Å². The molecule has 0 radical (unpaired) electrons. The minimum atomic E-state index is -3.15. The van der Waals surface area contributed by atoms with Crippen molar-refractivity contribution in [2.24, 2.45) is 16.5 Å². The maximum atomic E-state index is 13.0. The van der Waals surface area contributed by atoms with Crippen molar-refractivity contribution in [1.29, 1.82) is 0 Å². The Bertz CT molecular complexity index is 1030. The molecule has 9 heteroatoms. The Morgan fingerprint density at radius 2 is 1.90 bits per heavy atom. The second-order valence-electron chi connectivity index (χ2n) is 6.00. The van der Waals surface area contributed by atoms with Gasteiger partial charge in [0.15, 0.2) is 15.6 Å². The molecule has 0 aliphatic heterocycles. The predicted molar refractivity (Wildman–Crippen MR) is 111 cm³/mol. The summed E-state index contributed by atoms with van der Waals surface area (Å²) in [6.07, 6.45) is 1.05. The van der Waals surface area contributed by atoms with Gasteiger partial charge in [0.1, 0.15) is 24.0 Å². The highest BCUT2D eigenvalue weighted by Crippen LogP contribution is 2.18. The van der Waals surface area contributed by atoms with Crippen molar-refractivity contribution in [3.05, 3.63) is 71.7 Å². The van der Waals surface area contributed by atoms with E-state index in [4.69, 9.17) is 16.2 Å². The van der Waals surface area contributed by atoms with Crippen LogP contribution in [0.5, 0.6) is 5.75 Å². The molecule has 0 atom stereocenters. The van der Waals surface area contributed by atoms with E-state index < -0.39 is 21.4 Å². The zero-order valence-corrected chi connectivity index (χ0v) is 16.7. The monoisotopic (exact) mass is 419 g/mol. The third-order valence-corrected chi connectivity index (χ3v) is 5.63. The zero-order chi connectivity index (χ0) is 21.4. The first-order valence-electron chi connectivity index (χ1n) is 8.75. The van der Waals surface area contributed by atoms with Gasteiger partial charge in [-0.15, -0.1) is 0 Å². The lowest BCUT2D eigenvalue weighted by atomic mass is 10.0. The molecule has 0 spiro atoms. The summed E-state index contributed by atoms with van der Waals surface area (Å²) >= 11 is 0. The van der Waals surface area contributed by atoms with Crippen molar-refractivity contribution in [3.8, 4) is 5.75 Å². The number of aliphatic imine (C=N–C) groups is 1. The Hall–Kier alpha value is -3.20. The van der Waals surface area contributed by atoms with Gasteiger partial charge in [0, 0.05) is 17.5 Å². The number of carbonyl (C=O) groups excluding carboxylic acids is 1. The molecule has 7 nitrogen and oxygen atoms in total. The van der Waals surface area contributed by atoms with Crippen molar-refractivity contribution in [2.45, 2.75) is 6.92 Å². The van der Waals surface area contributed by atoms with Crippen LogP contribution in [0.3, 0.4) is 0 Å². The first kappa shape index (κ1) is 22.1. The number of amidine groups is 1. The van der Waals surface area contributed by atoms with Crippen LogP contribution >= 0.6 is 0 Å². The fourth-order valence-electron chi connectivity index (χ4n) is 2.31. The average Bonchev–Trinajstić information content (AvgIpc) is 2.70. The van der Waals surface area contributed by atoms with Gasteiger partial charge in [-0.25, -0.2) is 17.8 Å². The Kier molecular flexibility index (Phi) is 7.49. The fourth-order valence-corrected chi connectivity index (χ4v) is 2.93. The van der Waals surface area contributed by atoms with Gasteiger partial charge in [-0.2, -0.15) is 0 Å². The van der Waals surface area contributed by atoms with Crippen molar-refractivity contribution in [2.75, 3.05) is 18.1 Å². The van der Waals surface area contributed by atoms with Crippen LogP contribution in [-0.2, 0) is 9.84 Å². The lowest BCUT2D eigenvalue weighted by Gasteiger charge is -2.09. The van der Waals surface area contributed by atoms with E-state index in [1.54, 1.807) is 25.1 Å². The predicted octanol–water partition coefficient (Wildman–Crippen LogP) is 2.35. The normalized spacial score (nSPS) is 12.6. The third-order valence-electron chi connectivity index (χ3n) is 3.96. The standard InChI is InChI=1S/C20H22FN3O4S/c1-2-29(26,27)11-10-28-17-5-3-4-14(12-17)19(25)18(13-22)20(23)24-16-8-6-15(21)7-9-16/h3-9,12-13H,2,10-11,22H2,1H3,(H2,23,24). The average molecular weight is 419 g/mol. The molecular weight excluding hydrogens is 397 g/mol. The van der Waals surface area contributed by atoms with E-state index in [2.05, 4.69) is 4.99 Å². The number of nitrogens with zero attached hydrogens (tertiary/aromatic N) is 1. The quantitative estimate of drug-likeness (QED) is 0.278. The summed E-state index contributed by atoms with van der Waals surface area (Å²) in [7, 11) is -3.15. The number of hydrogen-bond acceptors (Lipinski definition) is 6. The van der Waals surface area contributed by atoms with Crippen molar-refractivity contribution < 1.29 is 22.3 Å². The van der Waals surface area contributed by atoms with Crippen molar-refractivity contribution >= 4 is 27.1 Å². The van der Waals surface area contributed by atoms with E-state index in [1.165, 1.54) is 30.3 Å². The molecule has 0 aliphatic carbocycles. The molecule has 0 aliphatic rings. The first-order chi connectivity index (χ1) is 13.8. The highest BCUT2D eigenvalue weighted by Gasteiger charge is 2.17. The summed E-state index contributed by atoms with van der Waals surface area (Å²) in [5.74, 6) is -0.768. The number of carbonyl (C=O) groups is 1. The van der Waals surface area contributed by atoms with Gasteiger partial charge in [0.05, 0.1) is 17.0 Å². The SMILES string of the molecule is CCS(=O)(=O)CCOc1cccc(C(=O)C(=CN)C(N)=Nc2ccc(F)cc2)c1. The minimum absolute atomic E-state index is 0.0262. The van der Waals surface area contributed by atoms with Crippen LogP contribution in [0.25, 0.3) is 0 Å². The molecule has 154 valence electrons. The molecule has 2 aromatic rings. The van der Waals surface area contributed by atoms with Crippen LogP contribution in [-0.4, -0.2) is 38.1 Å². The van der Waals surface area contributed by atoms with Crippen LogP contribution < -0.4 is 16.2 Å². The maximum absolute atomic E-state index is 13.0. The largest absolute Gasteiger partial charge is 0.493 e. The molecule has 0 bridgehead atoms. The number of halogens is 1.